The molecule has 0 saturated carbocycles. The van der Waals surface area contributed by atoms with Crippen LogP contribution in [0.15, 0.2) is 0 Å². The Morgan fingerprint density at radius 3 is 2.23 bits per heavy atom. The van der Waals surface area contributed by atoms with Gasteiger partial charge in [0.05, 0.1) is 6.54 Å². The molecular formula is C10H22N2O. The molecule has 78 valence electrons. The van der Waals surface area contributed by atoms with Crippen molar-refractivity contribution in [1.82, 2.24) is 10.2 Å². The number of likely N-dealkylation sites (N-methyl/N-ethyl adjacent to an activating group) is 1. The summed E-state index contributed by atoms with van der Waals surface area (Å²) in [5, 5.41) is 3.13. The normalized spacial score (nSPS) is 11.5. The predicted octanol–water partition coefficient (Wildman–Crippen LogP) is 1.10. The molecule has 0 aliphatic rings. The van der Waals surface area contributed by atoms with Gasteiger partial charge in [-0.15, -0.1) is 0 Å². The molecule has 0 heterocycles. The average Bonchev–Trinajstić information content (AvgIpc) is 1.95. The third-order valence-corrected chi connectivity index (χ3v) is 1.83. The van der Waals surface area contributed by atoms with Crippen LogP contribution < -0.4 is 5.32 Å². The number of rotatable bonds is 4. The summed E-state index contributed by atoms with van der Waals surface area (Å²) in [5.74, 6) is 0.133. The van der Waals surface area contributed by atoms with Gasteiger partial charge in [-0.1, -0.05) is 20.8 Å². The number of hydrogen-bond donors (Lipinski definition) is 1. The Balaban J connectivity index is 3.42. The molecule has 0 aliphatic heterocycles. The summed E-state index contributed by atoms with van der Waals surface area (Å²) in [6.45, 7) is 7.94. The molecule has 0 fully saturated rings. The second-order valence-electron chi connectivity index (χ2n) is 4.78. The lowest BCUT2D eigenvalue weighted by Crippen LogP contribution is -2.34. The number of nitrogens with zero attached hydrogens (tertiary/aromatic N) is 1. The number of carbonyl (C=O) groups excluding carboxylic acids is 1. The van der Waals surface area contributed by atoms with E-state index in [2.05, 4.69) is 26.1 Å². The van der Waals surface area contributed by atoms with Gasteiger partial charge in [-0.05, 0) is 18.4 Å². The monoisotopic (exact) mass is 186 g/mol. The first-order valence-electron chi connectivity index (χ1n) is 4.74. The van der Waals surface area contributed by atoms with Crippen LogP contribution in [0, 0.1) is 5.41 Å². The van der Waals surface area contributed by atoms with Crippen LogP contribution in [0.1, 0.15) is 27.2 Å². The molecule has 0 unspecified atom stereocenters. The zero-order valence-electron chi connectivity index (χ0n) is 9.48. The fourth-order valence-electron chi connectivity index (χ4n) is 0.817. The van der Waals surface area contributed by atoms with Crippen molar-refractivity contribution in [2.24, 2.45) is 5.41 Å². The van der Waals surface area contributed by atoms with Gasteiger partial charge in [0.2, 0.25) is 5.91 Å². The lowest BCUT2D eigenvalue weighted by Gasteiger charge is -2.18. The molecule has 3 nitrogen and oxygen atoms in total. The Morgan fingerprint density at radius 1 is 1.31 bits per heavy atom. The molecule has 3 heteroatoms. The van der Waals surface area contributed by atoms with E-state index in [1.807, 2.05) is 0 Å². The van der Waals surface area contributed by atoms with Crippen molar-refractivity contribution in [3.05, 3.63) is 0 Å². The Bertz CT molecular complexity index is 159. The van der Waals surface area contributed by atoms with Gasteiger partial charge in [0.25, 0.3) is 0 Å². The van der Waals surface area contributed by atoms with E-state index in [1.165, 1.54) is 0 Å². The topological polar surface area (TPSA) is 32.3 Å². The van der Waals surface area contributed by atoms with E-state index in [-0.39, 0.29) is 5.91 Å². The fourth-order valence-corrected chi connectivity index (χ4v) is 0.817. The minimum atomic E-state index is 0.133. The van der Waals surface area contributed by atoms with Gasteiger partial charge in [-0.3, -0.25) is 4.79 Å². The SMILES string of the molecule is CN(C)C(=O)CNCCC(C)(C)C. The molecule has 0 radical (unpaired) electrons. The summed E-state index contributed by atoms with van der Waals surface area (Å²) >= 11 is 0. The van der Waals surface area contributed by atoms with Crippen LogP contribution >= 0.6 is 0 Å². The molecule has 13 heavy (non-hydrogen) atoms. The highest BCUT2D eigenvalue weighted by Crippen LogP contribution is 2.16. The standard InChI is InChI=1S/C10H22N2O/c1-10(2,3)6-7-11-8-9(13)12(4)5/h11H,6-8H2,1-5H3. The van der Waals surface area contributed by atoms with E-state index in [1.54, 1.807) is 19.0 Å². The molecule has 1 amide bonds. The molecule has 0 aromatic carbocycles. The minimum Gasteiger partial charge on any atom is -0.348 e. The third kappa shape index (κ3) is 7.78. The predicted molar refractivity (Wildman–Crippen MR) is 55.6 cm³/mol. The van der Waals surface area contributed by atoms with Crippen molar-refractivity contribution in [3.63, 3.8) is 0 Å². The highest BCUT2D eigenvalue weighted by atomic mass is 16.2. The van der Waals surface area contributed by atoms with Crippen LogP contribution in [0.5, 0.6) is 0 Å². The number of carbonyl (C=O) groups is 1. The molecular weight excluding hydrogens is 164 g/mol. The van der Waals surface area contributed by atoms with Crippen LogP contribution in [-0.4, -0.2) is 38.0 Å². The van der Waals surface area contributed by atoms with Crippen molar-refractivity contribution in [2.45, 2.75) is 27.2 Å². The van der Waals surface area contributed by atoms with Crippen molar-refractivity contribution in [2.75, 3.05) is 27.2 Å². The summed E-state index contributed by atoms with van der Waals surface area (Å²) in [5.41, 5.74) is 0.341. The van der Waals surface area contributed by atoms with Crippen LogP contribution in [0.3, 0.4) is 0 Å². The Morgan fingerprint density at radius 2 is 1.85 bits per heavy atom. The van der Waals surface area contributed by atoms with Crippen LogP contribution in [0.2, 0.25) is 0 Å². The van der Waals surface area contributed by atoms with E-state index >= 15 is 0 Å². The molecule has 0 aliphatic carbocycles. The van der Waals surface area contributed by atoms with Gasteiger partial charge in [-0.2, -0.15) is 0 Å². The molecule has 0 aromatic heterocycles. The Kier molecular flexibility index (Phi) is 4.99. The summed E-state index contributed by atoms with van der Waals surface area (Å²) in [7, 11) is 3.54. The van der Waals surface area contributed by atoms with Gasteiger partial charge < -0.3 is 10.2 Å². The maximum Gasteiger partial charge on any atom is 0.236 e. The first-order chi connectivity index (χ1) is 5.83. The zero-order valence-corrected chi connectivity index (χ0v) is 9.48. The molecule has 0 bridgehead atoms. The van der Waals surface area contributed by atoms with E-state index in [4.69, 9.17) is 0 Å². The van der Waals surface area contributed by atoms with Crippen molar-refractivity contribution in [3.8, 4) is 0 Å². The summed E-state index contributed by atoms with van der Waals surface area (Å²) in [4.78, 5) is 12.7. The Hall–Kier alpha value is -0.570. The van der Waals surface area contributed by atoms with E-state index in [0.29, 0.717) is 12.0 Å². The molecule has 0 saturated heterocycles. The van der Waals surface area contributed by atoms with E-state index in [0.717, 1.165) is 13.0 Å². The maximum atomic E-state index is 11.1. The third-order valence-electron chi connectivity index (χ3n) is 1.83. The maximum absolute atomic E-state index is 11.1. The summed E-state index contributed by atoms with van der Waals surface area (Å²) < 4.78 is 0. The largest absolute Gasteiger partial charge is 0.348 e. The molecule has 0 spiro atoms. The first-order valence-corrected chi connectivity index (χ1v) is 4.74. The van der Waals surface area contributed by atoms with Crippen molar-refractivity contribution in [1.29, 1.82) is 0 Å². The number of nitrogens with one attached hydrogen (secondary N) is 1. The van der Waals surface area contributed by atoms with Gasteiger partial charge in [0, 0.05) is 14.1 Å². The second-order valence-corrected chi connectivity index (χ2v) is 4.78. The van der Waals surface area contributed by atoms with Crippen molar-refractivity contribution >= 4 is 5.91 Å². The minimum absolute atomic E-state index is 0.133. The van der Waals surface area contributed by atoms with Gasteiger partial charge in [0.1, 0.15) is 0 Å². The van der Waals surface area contributed by atoms with Crippen molar-refractivity contribution < 1.29 is 4.79 Å². The second kappa shape index (κ2) is 5.22. The smallest absolute Gasteiger partial charge is 0.236 e. The lowest BCUT2D eigenvalue weighted by molar-refractivity contribution is -0.127. The number of hydrogen-bond acceptors (Lipinski definition) is 2. The Labute approximate surface area is 81.5 Å². The quantitative estimate of drug-likeness (QED) is 0.667. The lowest BCUT2D eigenvalue weighted by atomic mass is 9.92. The molecule has 1 N–H and O–H groups in total. The number of amides is 1. The first kappa shape index (κ1) is 12.4. The highest BCUT2D eigenvalue weighted by molar-refractivity contribution is 5.77. The molecule has 0 rings (SSSR count). The van der Waals surface area contributed by atoms with Gasteiger partial charge in [0.15, 0.2) is 0 Å². The van der Waals surface area contributed by atoms with E-state index in [9.17, 15) is 4.79 Å². The van der Waals surface area contributed by atoms with Crippen LogP contribution in [0.25, 0.3) is 0 Å². The molecule has 0 atom stereocenters. The van der Waals surface area contributed by atoms with Gasteiger partial charge in [-0.25, -0.2) is 0 Å². The fraction of sp³-hybridized carbons (Fsp3) is 0.900. The summed E-state index contributed by atoms with van der Waals surface area (Å²) in [6.07, 6.45) is 1.09. The zero-order chi connectivity index (χ0) is 10.5. The van der Waals surface area contributed by atoms with Crippen LogP contribution in [-0.2, 0) is 4.79 Å². The molecule has 0 aromatic rings. The summed E-state index contributed by atoms with van der Waals surface area (Å²) in [6, 6.07) is 0. The van der Waals surface area contributed by atoms with E-state index < -0.39 is 0 Å². The average molecular weight is 186 g/mol. The van der Waals surface area contributed by atoms with Crippen LogP contribution in [0.4, 0.5) is 0 Å². The highest BCUT2D eigenvalue weighted by Gasteiger charge is 2.09. The van der Waals surface area contributed by atoms with Gasteiger partial charge >= 0.3 is 0 Å².